The van der Waals surface area contributed by atoms with E-state index in [1.165, 1.54) is 28.0 Å². The summed E-state index contributed by atoms with van der Waals surface area (Å²) in [4.78, 5) is 42.2. The number of fused-ring (bicyclic) bond motifs is 1. The van der Waals surface area contributed by atoms with E-state index in [2.05, 4.69) is 29.2 Å². The molecule has 0 bridgehead atoms. The van der Waals surface area contributed by atoms with Crippen molar-refractivity contribution < 1.29 is 14.3 Å². The molecule has 0 spiro atoms. The number of halogens is 1. The van der Waals surface area contributed by atoms with Gasteiger partial charge in [0, 0.05) is 28.8 Å². The second-order valence-corrected chi connectivity index (χ2v) is 9.47. The minimum atomic E-state index is -0.606. The van der Waals surface area contributed by atoms with Gasteiger partial charge in [0.15, 0.2) is 0 Å². The summed E-state index contributed by atoms with van der Waals surface area (Å²) in [5.41, 5.74) is 1.09. The number of hydrogen-bond donors (Lipinski definition) is 1. The van der Waals surface area contributed by atoms with E-state index in [4.69, 9.17) is 16.3 Å². The number of anilines is 1. The number of aromatic nitrogens is 3. The van der Waals surface area contributed by atoms with E-state index in [9.17, 15) is 14.4 Å². The molecule has 0 atom stereocenters. The number of esters is 1. The van der Waals surface area contributed by atoms with Gasteiger partial charge in [-0.05, 0) is 42.3 Å². The first-order chi connectivity index (χ1) is 16.3. The molecule has 0 aliphatic rings. The summed E-state index contributed by atoms with van der Waals surface area (Å²) < 4.78 is 6.62. The van der Waals surface area contributed by atoms with Crippen LogP contribution in [0.3, 0.4) is 0 Å². The zero-order valence-electron chi connectivity index (χ0n) is 18.4. The lowest BCUT2D eigenvalue weighted by Crippen LogP contribution is -2.17. The fourth-order valence-corrected chi connectivity index (χ4v) is 4.50. The van der Waals surface area contributed by atoms with Crippen LogP contribution in [0.25, 0.3) is 4.96 Å². The van der Waals surface area contributed by atoms with Gasteiger partial charge in [-0.3, -0.25) is 9.59 Å². The Morgan fingerprint density at radius 1 is 1.12 bits per heavy atom. The molecule has 0 aliphatic heterocycles. The summed E-state index contributed by atoms with van der Waals surface area (Å²) in [6, 6.07) is 14.2. The van der Waals surface area contributed by atoms with Crippen LogP contribution in [0.2, 0.25) is 5.02 Å². The highest BCUT2D eigenvalue weighted by atomic mass is 35.5. The van der Waals surface area contributed by atoms with E-state index < -0.39 is 5.97 Å². The molecule has 1 amide bonds. The molecular weight excluding hydrogens is 476 g/mol. The Morgan fingerprint density at radius 3 is 2.65 bits per heavy atom. The van der Waals surface area contributed by atoms with Crippen LogP contribution < -0.4 is 10.9 Å². The van der Waals surface area contributed by atoms with Crippen LogP contribution >= 0.6 is 22.9 Å². The Kier molecular flexibility index (Phi) is 7.04. The van der Waals surface area contributed by atoms with Crippen molar-refractivity contribution in [1.29, 1.82) is 0 Å². The molecule has 0 saturated carbocycles. The molecule has 8 nitrogen and oxygen atoms in total. The van der Waals surface area contributed by atoms with Crippen molar-refractivity contribution in [2.24, 2.45) is 5.92 Å². The first-order valence-electron chi connectivity index (χ1n) is 10.5. The number of ether oxygens (including phenoxy) is 1. The number of benzene rings is 2. The number of carbonyl (C=O) groups excluding carboxylic acids is 2. The Balaban J connectivity index is 1.43. The van der Waals surface area contributed by atoms with Crippen LogP contribution in [0.5, 0.6) is 0 Å². The quantitative estimate of drug-likeness (QED) is 0.375. The third-order valence-electron chi connectivity index (χ3n) is 4.72. The summed E-state index contributed by atoms with van der Waals surface area (Å²) in [7, 11) is 0. The zero-order valence-corrected chi connectivity index (χ0v) is 20.0. The van der Waals surface area contributed by atoms with Gasteiger partial charge in [0.2, 0.25) is 4.96 Å². The maximum absolute atomic E-state index is 12.6. The van der Waals surface area contributed by atoms with Gasteiger partial charge in [-0.2, -0.15) is 9.61 Å². The lowest BCUT2D eigenvalue weighted by atomic mass is 10.1. The van der Waals surface area contributed by atoms with Crippen LogP contribution in [-0.2, 0) is 17.8 Å². The summed E-state index contributed by atoms with van der Waals surface area (Å²) in [6.07, 6.45) is 0.752. The van der Waals surface area contributed by atoms with Crippen molar-refractivity contribution in [3.8, 4) is 0 Å². The molecule has 0 aliphatic carbocycles. The highest BCUT2D eigenvalue weighted by molar-refractivity contribution is 7.16. The Hall–Kier alpha value is -3.56. The minimum Gasteiger partial charge on any atom is -0.456 e. The largest absolute Gasteiger partial charge is 0.456 e. The van der Waals surface area contributed by atoms with Crippen molar-refractivity contribution in [2.45, 2.75) is 26.9 Å². The van der Waals surface area contributed by atoms with Crippen molar-refractivity contribution in [3.05, 3.63) is 91.8 Å². The molecule has 0 unspecified atom stereocenters. The van der Waals surface area contributed by atoms with Gasteiger partial charge in [0.1, 0.15) is 11.6 Å². The molecule has 174 valence electrons. The number of hydrogen-bond acceptors (Lipinski definition) is 7. The van der Waals surface area contributed by atoms with E-state index in [1.807, 2.05) is 0 Å². The molecule has 0 saturated heterocycles. The Morgan fingerprint density at radius 2 is 1.88 bits per heavy atom. The first kappa shape index (κ1) is 23.6. The van der Waals surface area contributed by atoms with E-state index in [0.717, 1.165) is 11.4 Å². The standard InChI is InChI=1S/C24H21ClN4O4S/c1-14(2)9-20-28-29-21(30)12-19(27-24(29)34-20)13-33-23(32)16-6-4-8-18(11-16)26-22(31)15-5-3-7-17(25)10-15/h3-8,10-12,14H,9,13H2,1-2H3,(H,26,31). The van der Waals surface area contributed by atoms with Crippen LogP contribution in [0, 0.1) is 5.92 Å². The van der Waals surface area contributed by atoms with Crippen LogP contribution in [0.4, 0.5) is 5.69 Å². The number of nitrogens with zero attached hydrogens (tertiary/aromatic N) is 3. The molecule has 2 aromatic heterocycles. The second kappa shape index (κ2) is 10.1. The van der Waals surface area contributed by atoms with Gasteiger partial charge in [0.25, 0.3) is 11.5 Å². The average molecular weight is 497 g/mol. The summed E-state index contributed by atoms with van der Waals surface area (Å²) in [5.74, 6) is -0.555. The van der Waals surface area contributed by atoms with Gasteiger partial charge in [-0.25, -0.2) is 9.78 Å². The molecule has 10 heteroatoms. The van der Waals surface area contributed by atoms with Gasteiger partial charge in [-0.15, -0.1) is 0 Å². The summed E-state index contributed by atoms with van der Waals surface area (Å²) in [5, 5.41) is 8.31. The van der Waals surface area contributed by atoms with E-state index in [0.29, 0.717) is 32.8 Å². The molecule has 2 heterocycles. The lowest BCUT2D eigenvalue weighted by molar-refractivity contribution is 0.0467. The fraction of sp³-hybridized carbons (Fsp3) is 0.208. The maximum Gasteiger partial charge on any atom is 0.338 e. The molecule has 0 fully saturated rings. The van der Waals surface area contributed by atoms with Crippen molar-refractivity contribution in [2.75, 3.05) is 5.32 Å². The number of nitrogens with one attached hydrogen (secondary N) is 1. The molecular formula is C24H21ClN4O4S. The Bertz CT molecular complexity index is 1430. The predicted molar refractivity (Wildman–Crippen MR) is 131 cm³/mol. The number of amides is 1. The van der Waals surface area contributed by atoms with E-state index in [-0.39, 0.29) is 23.6 Å². The van der Waals surface area contributed by atoms with Gasteiger partial charge in [-0.1, -0.05) is 48.9 Å². The molecule has 34 heavy (non-hydrogen) atoms. The topological polar surface area (TPSA) is 103 Å². The van der Waals surface area contributed by atoms with Gasteiger partial charge >= 0.3 is 5.97 Å². The second-order valence-electron chi connectivity index (χ2n) is 8.00. The minimum absolute atomic E-state index is 0.166. The molecule has 2 aromatic carbocycles. The lowest BCUT2D eigenvalue weighted by Gasteiger charge is -2.08. The van der Waals surface area contributed by atoms with E-state index >= 15 is 0 Å². The van der Waals surface area contributed by atoms with Crippen molar-refractivity contribution >= 4 is 45.5 Å². The van der Waals surface area contributed by atoms with Crippen LogP contribution in [0.15, 0.2) is 59.4 Å². The van der Waals surface area contributed by atoms with Crippen molar-refractivity contribution in [1.82, 2.24) is 14.6 Å². The summed E-state index contributed by atoms with van der Waals surface area (Å²) >= 11 is 7.28. The van der Waals surface area contributed by atoms with Crippen molar-refractivity contribution in [3.63, 3.8) is 0 Å². The average Bonchev–Trinajstić information content (AvgIpc) is 3.20. The number of carbonyl (C=O) groups is 2. The smallest absolute Gasteiger partial charge is 0.338 e. The maximum atomic E-state index is 12.6. The normalized spacial score (nSPS) is 11.1. The van der Waals surface area contributed by atoms with Crippen LogP contribution in [0.1, 0.15) is 45.3 Å². The predicted octanol–water partition coefficient (Wildman–Crippen LogP) is 4.61. The third-order valence-corrected chi connectivity index (χ3v) is 5.88. The number of rotatable bonds is 7. The SMILES string of the molecule is CC(C)Cc1nn2c(=O)cc(COC(=O)c3cccc(NC(=O)c4cccc(Cl)c4)c3)nc2s1. The Labute approximate surface area is 204 Å². The molecule has 1 N–H and O–H groups in total. The van der Waals surface area contributed by atoms with Gasteiger partial charge in [0.05, 0.1) is 11.3 Å². The van der Waals surface area contributed by atoms with Crippen LogP contribution in [-0.4, -0.2) is 26.5 Å². The third kappa shape index (κ3) is 5.67. The highest BCUT2D eigenvalue weighted by Gasteiger charge is 2.14. The fourth-order valence-electron chi connectivity index (χ4n) is 3.18. The molecule has 4 aromatic rings. The molecule has 4 rings (SSSR count). The zero-order chi connectivity index (χ0) is 24.2. The summed E-state index contributed by atoms with van der Waals surface area (Å²) in [6.45, 7) is 3.98. The van der Waals surface area contributed by atoms with E-state index in [1.54, 1.807) is 42.5 Å². The molecule has 0 radical (unpaired) electrons. The van der Waals surface area contributed by atoms with Gasteiger partial charge < -0.3 is 10.1 Å². The first-order valence-corrected chi connectivity index (χ1v) is 11.7. The monoisotopic (exact) mass is 496 g/mol. The highest BCUT2D eigenvalue weighted by Crippen LogP contribution is 2.17.